The van der Waals surface area contributed by atoms with Crippen molar-refractivity contribution in [3.8, 4) is 17.2 Å². The fraction of sp³-hybridized carbons (Fsp3) is 0.486. The fourth-order valence-electron chi connectivity index (χ4n) is 6.26. The monoisotopic (exact) mass is 542 g/mol. The van der Waals surface area contributed by atoms with Gasteiger partial charge in [-0.05, 0) is 123 Å². The second-order valence-electron chi connectivity index (χ2n) is 11.5. The molecule has 0 aromatic heterocycles. The van der Waals surface area contributed by atoms with Crippen LogP contribution >= 0.6 is 0 Å². The molecule has 1 aliphatic carbocycles. The zero-order valence-electron chi connectivity index (χ0n) is 24.2. The van der Waals surface area contributed by atoms with Gasteiger partial charge in [-0.2, -0.15) is 0 Å². The van der Waals surface area contributed by atoms with Gasteiger partial charge in [0.15, 0.2) is 0 Å². The number of nitrogens with one attached hydrogen (secondary N) is 1. The van der Waals surface area contributed by atoms with E-state index in [4.69, 9.17) is 9.47 Å². The van der Waals surface area contributed by atoms with Gasteiger partial charge in [-0.25, -0.2) is 0 Å². The summed E-state index contributed by atoms with van der Waals surface area (Å²) >= 11 is 0. The molecular weight excluding hydrogens is 496 g/mol. The molecule has 5 rings (SSSR count). The summed E-state index contributed by atoms with van der Waals surface area (Å²) in [4.78, 5) is 2.55. The molecule has 5 nitrogen and oxygen atoms in total. The number of nitrogens with zero attached hydrogens (tertiary/aromatic N) is 1. The van der Waals surface area contributed by atoms with Crippen molar-refractivity contribution in [2.45, 2.75) is 70.1 Å². The molecule has 3 aromatic rings. The Balaban J connectivity index is 1.06. The second kappa shape index (κ2) is 14.5. The smallest absolute Gasteiger partial charge is 0.120 e. The molecule has 1 aliphatic heterocycles. The van der Waals surface area contributed by atoms with E-state index in [9.17, 15) is 5.11 Å². The molecule has 0 spiro atoms. The number of unbranched alkanes of at least 4 members (excludes halogenated alkanes) is 1. The van der Waals surface area contributed by atoms with Crippen LogP contribution in [0.15, 0.2) is 60.7 Å². The minimum Gasteiger partial charge on any atom is -0.508 e. The van der Waals surface area contributed by atoms with Gasteiger partial charge in [0.05, 0.1) is 7.11 Å². The van der Waals surface area contributed by atoms with E-state index in [-0.39, 0.29) is 0 Å². The number of methoxy groups -OCH3 is 1. The fourth-order valence-corrected chi connectivity index (χ4v) is 6.26. The summed E-state index contributed by atoms with van der Waals surface area (Å²) in [6.07, 6.45) is 11.8. The summed E-state index contributed by atoms with van der Waals surface area (Å²) < 4.78 is 11.6. The first kappa shape index (κ1) is 28.4. The number of ether oxygens (including phenoxy) is 2. The van der Waals surface area contributed by atoms with Crippen LogP contribution in [0, 0.1) is 0 Å². The average Bonchev–Trinajstić information content (AvgIpc) is 3.26. The molecule has 40 heavy (non-hydrogen) atoms. The van der Waals surface area contributed by atoms with Gasteiger partial charge >= 0.3 is 0 Å². The Kier molecular flexibility index (Phi) is 10.2. The molecule has 5 heteroatoms. The number of benzene rings is 3. The van der Waals surface area contributed by atoms with Crippen LogP contribution in [0.5, 0.6) is 17.2 Å². The number of hydrogen-bond acceptors (Lipinski definition) is 5. The second-order valence-corrected chi connectivity index (χ2v) is 11.5. The van der Waals surface area contributed by atoms with Crippen molar-refractivity contribution in [2.75, 3.05) is 45.2 Å². The van der Waals surface area contributed by atoms with Gasteiger partial charge in [0.1, 0.15) is 23.9 Å². The van der Waals surface area contributed by atoms with E-state index in [1.54, 1.807) is 7.11 Å². The number of anilines is 1. The highest BCUT2D eigenvalue weighted by Gasteiger charge is 2.23. The first-order valence-electron chi connectivity index (χ1n) is 15.3. The molecule has 1 saturated heterocycles. The predicted molar refractivity (Wildman–Crippen MR) is 164 cm³/mol. The topological polar surface area (TPSA) is 54.0 Å². The summed E-state index contributed by atoms with van der Waals surface area (Å²) in [6.45, 7) is 5.18. The molecule has 1 fully saturated rings. The average molecular weight is 543 g/mol. The molecule has 0 saturated carbocycles. The summed E-state index contributed by atoms with van der Waals surface area (Å²) in [7, 11) is 1.73. The Bertz CT molecular complexity index is 1200. The van der Waals surface area contributed by atoms with Crippen molar-refractivity contribution in [3.05, 3.63) is 82.9 Å². The number of rotatable bonds is 12. The quantitative estimate of drug-likeness (QED) is 0.234. The van der Waals surface area contributed by atoms with Crippen LogP contribution in [0.25, 0.3) is 0 Å². The van der Waals surface area contributed by atoms with Crippen LogP contribution in [0.4, 0.5) is 5.69 Å². The third-order valence-corrected chi connectivity index (χ3v) is 8.62. The van der Waals surface area contributed by atoms with E-state index in [0.29, 0.717) is 11.7 Å². The van der Waals surface area contributed by atoms with Crippen LogP contribution in [0.3, 0.4) is 0 Å². The van der Waals surface area contributed by atoms with Crippen molar-refractivity contribution in [1.29, 1.82) is 0 Å². The van der Waals surface area contributed by atoms with E-state index in [1.807, 2.05) is 12.1 Å². The van der Waals surface area contributed by atoms with Gasteiger partial charge in [-0.15, -0.1) is 0 Å². The molecule has 0 bridgehead atoms. The molecule has 3 aromatic carbocycles. The first-order valence-corrected chi connectivity index (χ1v) is 15.3. The molecule has 0 amide bonds. The number of likely N-dealkylation sites (tertiary alicyclic amines) is 1. The molecule has 0 radical (unpaired) electrons. The third kappa shape index (κ3) is 7.94. The standard InChI is InChI=1S/C35H46N2O3/c1-39-33-17-18-34(30-12-11-29-25-31(38)14-13-28(29)24-30)35(26-33)36-19-5-4-8-27-9-15-32(16-10-27)40-23-22-37-20-6-2-3-7-21-37/h9-10,13-18,25-26,30,36,38H,2-8,11-12,19-24H2,1H3. The van der Waals surface area contributed by atoms with Crippen LogP contribution in [-0.4, -0.2) is 49.9 Å². The minimum absolute atomic E-state index is 0.367. The van der Waals surface area contributed by atoms with Crippen molar-refractivity contribution in [1.82, 2.24) is 4.90 Å². The van der Waals surface area contributed by atoms with Crippen LogP contribution in [0.1, 0.15) is 73.1 Å². The summed E-state index contributed by atoms with van der Waals surface area (Å²) in [5.41, 5.74) is 6.56. The van der Waals surface area contributed by atoms with E-state index in [0.717, 1.165) is 69.7 Å². The summed E-state index contributed by atoms with van der Waals surface area (Å²) in [5.74, 6) is 2.71. The lowest BCUT2D eigenvalue weighted by Gasteiger charge is -2.27. The molecule has 1 heterocycles. The van der Waals surface area contributed by atoms with Crippen LogP contribution in [-0.2, 0) is 19.3 Å². The summed E-state index contributed by atoms with van der Waals surface area (Å²) in [6, 6.07) is 21.0. The first-order chi connectivity index (χ1) is 19.7. The van der Waals surface area contributed by atoms with E-state index in [2.05, 4.69) is 58.7 Å². The minimum atomic E-state index is 0.367. The normalized spacial score (nSPS) is 17.6. The Hall–Kier alpha value is -3.18. The number of fused-ring (bicyclic) bond motifs is 1. The van der Waals surface area contributed by atoms with E-state index < -0.39 is 0 Å². The van der Waals surface area contributed by atoms with Gasteiger partial charge < -0.3 is 19.9 Å². The molecule has 2 N–H and O–H groups in total. The maximum atomic E-state index is 9.85. The molecule has 2 aliphatic rings. The molecule has 1 unspecified atom stereocenters. The Morgan fingerprint density at radius 2 is 1.68 bits per heavy atom. The number of hydrogen-bond donors (Lipinski definition) is 2. The predicted octanol–water partition coefficient (Wildman–Crippen LogP) is 7.36. The maximum Gasteiger partial charge on any atom is 0.120 e. The van der Waals surface area contributed by atoms with Crippen LogP contribution < -0.4 is 14.8 Å². The Morgan fingerprint density at radius 3 is 2.48 bits per heavy atom. The van der Waals surface area contributed by atoms with E-state index >= 15 is 0 Å². The van der Waals surface area contributed by atoms with Gasteiger partial charge in [0.2, 0.25) is 0 Å². The Labute approximate surface area is 240 Å². The molecule has 1 atom stereocenters. The zero-order chi connectivity index (χ0) is 27.6. The van der Waals surface area contributed by atoms with Crippen molar-refractivity contribution in [3.63, 3.8) is 0 Å². The molecule has 214 valence electrons. The Morgan fingerprint density at radius 1 is 0.875 bits per heavy atom. The number of aromatic hydroxyl groups is 1. The highest BCUT2D eigenvalue weighted by atomic mass is 16.5. The number of phenolic OH excluding ortho intramolecular Hbond substituents is 1. The van der Waals surface area contributed by atoms with Crippen molar-refractivity contribution < 1.29 is 14.6 Å². The van der Waals surface area contributed by atoms with Gasteiger partial charge in [0, 0.05) is 24.8 Å². The highest BCUT2D eigenvalue weighted by molar-refractivity contribution is 5.57. The maximum absolute atomic E-state index is 9.85. The zero-order valence-corrected chi connectivity index (χ0v) is 24.2. The van der Waals surface area contributed by atoms with Gasteiger partial charge in [-0.1, -0.05) is 37.1 Å². The summed E-state index contributed by atoms with van der Waals surface area (Å²) in [5, 5.41) is 13.6. The molecular formula is C35H46N2O3. The lowest BCUT2D eigenvalue weighted by Crippen LogP contribution is -2.29. The van der Waals surface area contributed by atoms with Gasteiger partial charge in [-0.3, -0.25) is 4.90 Å². The SMILES string of the molecule is COc1ccc(C2CCc3cc(O)ccc3C2)c(NCCCCc2ccc(OCCN3CCCCCC3)cc2)c1. The van der Waals surface area contributed by atoms with Crippen molar-refractivity contribution >= 4 is 5.69 Å². The largest absolute Gasteiger partial charge is 0.508 e. The lowest BCUT2D eigenvalue weighted by molar-refractivity contribution is 0.214. The highest BCUT2D eigenvalue weighted by Crippen LogP contribution is 2.38. The third-order valence-electron chi connectivity index (χ3n) is 8.62. The van der Waals surface area contributed by atoms with E-state index in [1.165, 1.54) is 66.7 Å². The van der Waals surface area contributed by atoms with Gasteiger partial charge in [0.25, 0.3) is 0 Å². The van der Waals surface area contributed by atoms with Crippen molar-refractivity contribution in [2.24, 2.45) is 0 Å². The number of phenols is 1. The van der Waals surface area contributed by atoms with Crippen LogP contribution in [0.2, 0.25) is 0 Å². The number of aryl methyl sites for hydroxylation is 2. The lowest BCUT2D eigenvalue weighted by atomic mass is 9.79.